The average molecular weight is 295 g/mol. The van der Waals surface area contributed by atoms with Gasteiger partial charge in [-0.05, 0) is 24.3 Å². The summed E-state index contributed by atoms with van der Waals surface area (Å²) in [6.45, 7) is 0. The van der Waals surface area contributed by atoms with Crippen LogP contribution in [0.1, 0.15) is 16.8 Å². The number of rotatable bonds is 4. The van der Waals surface area contributed by atoms with Crippen LogP contribution in [0.15, 0.2) is 18.3 Å². The van der Waals surface area contributed by atoms with E-state index >= 15 is 0 Å². The van der Waals surface area contributed by atoms with E-state index in [9.17, 15) is 14.7 Å². The third-order valence-electron chi connectivity index (χ3n) is 3.25. The van der Waals surface area contributed by atoms with Crippen LogP contribution in [-0.2, 0) is 4.79 Å². The zero-order valence-corrected chi connectivity index (χ0v) is 12.2. The van der Waals surface area contributed by atoms with Gasteiger partial charge in [-0.1, -0.05) is 0 Å². The summed E-state index contributed by atoms with van der Waals surface area (Å²) in [5, 5.41) is 12.0. The molecule has 1 saturated heterocycles. The second-order valence-electron chi connectivity index (χ2n) is 4.94. The number of aliphatic carboxylic acids is 1. The van der Waals surface area contributed by atoms with Gasteiger partial charge >= 0.3 is 5.97 Å². The number of aromatic nitrogens is 1. The summed E-state index contributed by atoms with van der Waals surface area (Å²) in [4.78, 5) is 29.6. The summed E-state index contributed by atoms with van der Waals surface area (Å²) in [7, 11) is 3.66. The Morgan fingerprint density at radius 2 is 2.25 bits per heavy atom. The Morgan fingerprint density at radius 1 is 1.50 bits per heavy atom. The summed E-state index contributed by atoms with van der Waals surface area (Å²) in [5.41, 5.74) is -0.732. The highest BCUT2D eigenvalue weighted by Crippen LogP contribution is 2.28. The molecular formula is C13H17N3O3S. The molecule has 0 saturated carbocycles. The Labute approximate surface area is 121 Å². The lowest BCUT2D eigenvalue weighted by Gasteiger charge is -2.24. The molecule has 7 heteroatoms. The Kier molecular flexibility index (Phi) is 4.17. The molecule has 1 unspecified atom stereocenters. The maximum atomic E-state index is 12.3. The number of carbonyl (C=O) groups excluding carboxylic acids is 1. The van der Waals surface area contributed by atoms with Gasteiger partial charge < -0.3 is 15.3 Å². The van der Waals surface area contributed by atoms with Crippen LogP contribution in [0.3, 0.4) is 0 Å². The maximum absolute atomic E-state index is 12.3. The lowest BCUT2D eigenvalue weighted by atomic mass is 9.98. The second-order valence-corrected chi connectivity index (χ2v) is 6.05. The molecule has 20 heavy (non-hydrogen) atoms. The molecule has 1 atom stereocenters. The Morgan fingerprint density at radius 3 is 2.80 bits per heavy atom. The van der Waals surface area contributed by atoms with Gasteiger partial charge in [0.1, 0.15) is 11.4 Å². The van der Waals surface area contributed by atoms with Crippen molar-refractivity contribution in [2.24, 2.45) is 0 Å². The fraction of sp³-hybridized carbons (Fsp3) is 0.462. The van der Waals surface area contributed by atoms with E-state index in [1.165, 1.54) is 11.8 Å². The number of nitrogens with zero attached hydrogens (tertiary/aromatic N) is 2. The number of carboxylic acids is 1. The zero-order chi connectivity index (χ0) is 14.8. The average Bonchev–Trinajstić information content (AvgIpc) is 2.88. The standard InChI is InChI=1S/C13H17N3O3S/c1-16(2)10-7-9(3-5-14-10)11(17)15-13(12(18)19)4-6-20-8-13/h3,5,7H,4,6,8H2,1-2H3,(H,15,17)(H,18,19). The van der Waals surface area contributed by atoms with E-state index in [1.807, 2.05) is 14.1 Å². The van der Waals surface area contributed by atoms with Gasteiger partial charge in [0.05, 0.1) is 0 Å². The van der Waals surface area contributed by atoms with Crippen LogP contribution in [0.5, 0.6) is 0 Å². The molecular weight excluding hydrogens is 278 g/mol. The first-order chi connectivity index (χ1) is 9.44. The summed E-state index contributed by atoms with van der Waals surface area (Å²) >= 11 is 1.54. The van der Waals surface area contributed by atoms with Crippen molar-refractivity contribution in [3.8, 4) is 0 Å². The molecule has 0 aromatic carbocycles. The minimum absolute atomic E-state index is 0.375. The number of pyridine rings is 1. The van der Waals surface area contributed by atoms with Gasteiger partial charge in [-0.25, -0.2) is 9.78 Å². The van der Waals surface area contributed by atoms with Crippen molar-refractivity contribution in [2.45, 2.75) is 12.0 Å². The molecule has 0 spiro atoms. The van der Waals surface area contributed by atoms with Crippen molar-refractivity contribution >= 4 is 29.5 Å². The topological polar surface area (TPSA) is 82.5 Å². The lowest BCUT2D eigenvalue weighted by Crippen LogP contribution is -2.54. The number of carboxylic acid groups (broad SMARTS) is 1. The first-order valence-electron chi connectivity index (χ1n) is 6.22. The van der Waals surface area contributed by atoms with Crippen LogP contribution in [0, 0.1) is 0 Å². The van der Waals surface area contributed by atoms with Gasteiger partial charge in [-0.2, -0.15) is 11.8 Å². The normalized spacial score (nSPS) is 21.5. The summed E-state index contributed by atoms with van der Waals surface area (Å²) in [6.07, 6.45) is 1.99. The van der Waals surface area contributed by atoms with Crippen LogP contribution in [-0.4, -0.2) is 53.1 Å². The van der Waals surface area contributed by atoms with Gasteiger partial charge in [0.2, 0.25) is 0 Å². The molecule has 0 aliphatic carbocycles. The molecule has 0 radical (unpaired) electrons. The van der Waals surface area contributed by atoms with E-state index in [0.717, 1.165) is 5.75 Å². The van der Waals surface area contributed by atoms with Gasteiger partial charge in [0.15, 0.2) is 0 Å². The fourth-order valence-corrected chi connectivity index (χ4v) is 3.30. The number of amides is 1. The van der Waals surface area contributed by atoms with Crippen molar-refractivity contribution in [2.75, 3.05) is 30.5 Å². The van der Waals surface area contributed by atoms with Crippen molar-refractivity contribution in [3.63, 3.8) is 0 Å². The summed E-state index contributed by atoms with van der Waals surface area (Å²) in [5.74, 6) is 0.451. The molecule has 0 bridgehead atoms. The molecule has 1 aromatic heterocycles. The van der Waals surface area contributed by atoms with E-state index in [0.29, 0.717) is 23.6 Å². The molecule has 1 aliphatic heterocycles. The Hall–Kier alpha value is -1.76. The zero-order valence-electron chi connectivity index (χ0n) is 11.4. The number of thioether (sulfide) groups is 1. The van der Waals surface area contributed by atoms with Gasteiger partial charge in [0.25, 0.3) is 5.91 Å². The number of nitrogens with one attached hydrogen (secondary N) is 1. The van der Waals surface area contributed by atoms with E-state index in [-0.39, 0.29) is 5.91 Å². The van der Waals surface area contributed by atoms with Gasteiger partial charge in [-0.3, -0.25) is 4.79 Å². The number of anilines is 1. The Bertz CT molecular complexity index is 527. The van der Waals surface area contributed by atoms with Crippen molar-refractivity contribution < 1.29 is 14.7 Å². The predicted octanol–water partition coefficient (Wildman–Crippen LogP) is 0.838. The first-order valence-corrected chi connectivity index (χ1v) is 7.37. The highest BCUT2D eigenvalue weighted by Gasteiger charge is 2.43. The maximum Gasteiger partial charge on any atom is 0.330 e. The molecule has 6 nitrogen and oxygen atoms in total. The molecule has 1 amide bonds. The van der Waals surface area contributed by atoms with Crippen molar-refractivity contribution in [3.05, 3.63) is 23.9 Å². The van der Waals surface area contributed by atoms with E-state index < -0.39 is 11.5 Å². The third kappa shape index (κ3) is 2.87. The van der Waals surface area contributed by atoms with Crippen LogP contribution in [0.25, 0.3) is 0 Å². The number of carbonyl (C=O) groups is 2. The van der Waals surface area contributed by atoms with Crippen LogP contribution < -0.4 is 10.2 Å². The largest absolute Gasteiger partial charge is 0.479 e. The molecule has 108 valence electrons. The van der Waals surface area contributed by atoms with Crippen LogP contribution >= 0.6 is 11.8 Å². The van der Waals surface area contributed by atoms with Crippen LogP contribution in [0.2, 0.25) is 0 Å². The number of hydrogen-bond donors (Lipinski definition) is 2. The van der Waals surface area contributed by atoms with Crippen LogP contribution in [0.4, 0.5) is 5.82 Å². The molecule has 1 fully saturated rings. The van der Waals surface area contributed by atoms with Gasteiger partial charge in [-0.15, -0.1) is 0 Å². The number of hydrogen-bond acceptors (Lipinski definition) is 5. The SMILES string of the molecule is CN(C)c1cc(C(=O)NC2(C(=O)O)CCSC2)ccn1. The van der Waals surface area contributed by atoms with Crippen molar-refractivity contribution in [1.29, 1.82) is 0 Å². The smallest absolute Gasteiger partial charge is 0.330 e. The minimum atomic E-state index is -1.15. The quantitative estimate of drug-likeness (QED) is 0.856. The Balaban J connectivity index is 2.19. The van der Waals surface area contributed by atoms with Crippen molar-refractivity contribution in [1.82, 2.24) is 10.3 Å². The molecule has 2 N–H and O–H groups in total. The van der Waals surface area contributed by atoms with E-state index in [2.05, 4.69) is 10.3 Å². The molecule has 2 rings (SSSR count). The van der Waals surface area contributed by atoms with E-state index in [1.54, 1.807) is 23.2 Å². The van der Waals surface area contributed by atoms with Gasteiger partial charge in [0, 0.05) is 31.6 Å². The summed E-state index contributed by atoms with van der Waals surface area (Å²) in [6, 6.07) is 3.23. The second kappa shape index (κ2) is 5.70. The first kappa shape index (κ1) is 14.6. The fourth-order valence-electron chi connectivity index (χ4n) is 1.98. The molecule has 1 aromatic rings. The summed E-state index contributed by atoms with van der Waals surface area (Å²) < 4.78 is 0. The molecule has 1 aliphatic rings. The molecule has 2 heterocycles. The lowest BCUT2D eigenvalue weighted by molar-refractivity contribution is -0.143. The highest BCUT2D eigenvalue weighted by atomic mass is 32.2. The monoisotopic (exact) mass is 295 g/mol. The predicted molar refractivity (Wildman–Crippen MR) is 78.3 cm³/mol. The minimum Gasteiger partial charge on any atom is -0.479 e. The highest BCUT2D eigenvalue weighted by molar-refractivity contribution is 7.99. The van der Waals surface area contributed by atoms with E-state index in [4.69, 9.17) is 0 Å². The third-order valence-corrected chi connectivity index (χ3v) is 4.44.